The van der Waals surface area contributed by atoms with Gasteiger partial charge in [-0.1, -0.05) is 19.4 Å². The molecule has 0 aliphatic heterocycles. The number of benzene rings is 1. The highest BCUT2D eigenvalue weighted by atomic mass is 19.1. The van der Waals surface area contributed by atoms with Crippen molar-refractivity contribution in [2.45, 2.75) is 39.4 Å². The molecular formula is C14H19FO4. The highest BCUT2D eigenvalue weighted by molar-refractivity contribution is 5.75. The second-order valence-corrected chi connectivity index (χ2v) is 4.07. The number of carbonyl (C=O) groups excluding carboxylic acids is 1. The van der Waals surface area contributed by atoms with Gasteiger partial charge in [0.2, 0.25) is 0 Å². The van der Waals surface area contributed by atoms with Crippen molar-refractivity contribution in [3.8, 4) is 5.75 Å². The van der Waals surface area contributed by atoms with Crippen LogP contribution in [0.25, 0.3) is 0 Å². The van der Waals surface area contributed by atoms with Gasteiger partial charge in [-0.3, -0.25) is 0 Å². The first-order chi connectivity index (χ1) is 9.12. The first kappa shape index (κ1) is 15.4. The predicted octanol–water partition coefficient (Wildman–Crippen LogP) is 2.43. The van der Waals surface area contributed by atoms with E-state index in [-0.39, 0.29) is 19.0 Å². The molecule has 1 atom stereocenters. The van der Waals surface area contributed by atoms with Crippen molar-refractivity contribution in [1.82, 2.24) is 0 Å². The summed E-state index contributed by atoms with van der Waals surface area (Å²) < 4.78 is 24.0. The molecule has 1 unspecified atom stereocenters. The van der Waals surface area contributed by atoms with Crippen LogP contribution in [0.3, 0.4) is 0 Å². The molecule has 0 saturated heterocycles. The van der Waals surface area contributed by atoms with Crippen molar-refractivity contribution in [3.05, 3.63) is 29.6 Å². The summed E-state index contributed by atoms with van der Waals surface area (Å²) in [5.41, 5.74) is 0.452. The van der Waals surface area contributed by atoms with Gasteiger partial charge >= 0.3 is 5.97 Å². The van der Waals surface area contributed by atoms with Gasteiger partial charge in [-0.05, 0) is 31.0 Å². The zero-order valence-corrected chi connectivity index (χ0v) is 11.2. The molecule has 0 fully saturated rings. The van der Waals surface area contributed by atoms with E-state index in [9.17, 15) is 9.18 Å². The minimum absolute atomic E-state index is 0.0105. The Bertz CT molecular complexity index is 420. The van der Waals surface area contributed by atoms with Gasteiger partial charge in [0, 0.05) is 0 Å². The van der Waals surface area contributed by atoms with Crippen LogP contribution in [0.2, 0.25) is 0 Å². The highest BCUT2D eigenvalue weighted by Gasteiger charge is 2.22. The molecule has 5 heteroatoms. The minimum Gasteiger partial charge on any atom is -0.476 e. The van der Waals surface area contributed by atoms with Gasteiger partial charge < -0.3 is 14.6 Å². The molecule has 1 N–H and O–H groups in total. The molecule has 0 amide bonds. The lowest BCUT2D eigenvalue weighted by molar-refractivity contribution is -0.151. The summed E-state index contributed by atoms with van der Waals surface area (Å²) in [4.78, 5) is 11.7. The number of hydrogen-bond donors (Lipinski definition) is 1. The van der Waals surface area contributed by atoms with Crippen LogP contribution in [0, 0.1) is 5.82 Å². The normalized spacial score (nSPS) is 12.0. The van der Waals surface area contributed by atoms with Crippen molar-refractivity contribution in [1.29, 1.82) is 0 Å². The molecule has 0 spiro atoms. The third kappa shape index (κ3) is 4.52. The smallest absolute Gasteiger partial charge is 0.347 e. The van der Waals surface area contributed by atoms with Gasteiger partial charge in [0.25, 0.3) is 0 Å². The van der Waals surface area contributed by atoms with Gasteiger partial charge in [-0.25, -0.2) is 9.18 Å². The van der Waals surface area contributed by atoms with E-state index in [2.05, 4.69) is 0 Å². The van der Waals surface area contributed by atoms with Gasteiger partial charge in [-0.2, -0.15) is 0 Å². The number of halogens is 1. The van der Waals surface area contributed by atoms with E-state index in [1.165, 1.54) is 12.1 Å². The first-order valence-electron chi connectivity index (χ1n) is 6.34. The van der Waals surface area contributed by atoms with Gasteiger partial charge in [0.1, 0.15) is 0 Å². The third-order valence-electron chi connectivity index (χ3n) is 2.55. The molecule has 0 aliphatic carbocycles. The van der Waals surface area contributed by atoms with Crippen molar-refractivity contribution in [2.24, 2.45) is 0 Å². The maximum atomic E-state index is 13.7. The summed E-state index contributed by atoms with van der Waals surface area (Å²) in [5.74, 6) is -1.10. The number of esters is 1. The average molecular weight is 270 g/mol. The van der Waals surface area contributed by atoms with E-state index in [1.54, 1.807) is 13.0 Å². The molecule has 0 saturated carbocycles. The summed E-state index contributed by atoms with van der Waals surface area (Å²) >= 11 is 0. The number of aliphatic hydroxyl groups excluding tert-OH is 1. The summed E-state index contributed by atoms with van der Waals surface area (Å²) in [6, 6.07) is 4.14. The van der Waals surface area contributed by atoms with E-state index in [0.717, 1.165) is 6.42 Å². The van der Waals surface area contributed by atoms with Crippen molar-refractivity contribution in [3.63, 3.8) is 0 Å². The van der Waals surface area contributed by atoms with Crippen LogP contribution in [0.15, 0.2) is 18.2 Å². The third-order valence-corrected chi connectivity index (χ3v) is 2.55. The van der Waals surface area contributed by atoms with Gasteiger partial charge in [-0.15, -0.1) is 0 Å². The SMILES string of the molecule is CCCC(Oc1ccc(CO)cc1F)C(=O)OCC. The summed E-state index contributed by atoms with van der Waals surface area (Å²) in [7, 11) is 0. The molecule has 0 radical (unpaired) electrons. The highest BCUT2D eigenvalue weighted by Crippen LogP contribution is 2.21. The molecule has 0 aliphatic rings. The van der Waals surface area contributed by atoms with Crippen LogP contribution in [-0.4, -0.2) is 23.8 Å². The second kappa shape index (κ2) is 7.74. The minimum atomic E-state index is -0.806. The lowest BCUT2D eigenvalue weighted by Gasteiger charge is -2.17. The largest absolute Gasteiger partial charge is 0.476 e. The number of rotatable bonds is 7. The average Bonchev–Trinajstić information content (AvgIpc) is 2.40. The lowest BCUT2D eigenvalue weighted by atomic mass is 10.2. The summed E-state index contributed by atoms with van der Waals surface area (Å²) in [6.45, 7) is 3.63. The molecule has 1 rings (SSSR count). The molecule has 1 aromatic carbocycles. The van der Waals surface area contributed by atoms with E-state index < -0.39 is 17.9 Å². The lowest BCUT2D eigenvalue weighted by Crippen LogP contribution is -2.29. The molecule has 1 aromatic rings. The monoisotopic (exact) mass is 270 g/mol. The number of hydrogen-bond acceptors (Lipinski definition) is 4. The Balaban J connectivity index is 2.81. The van der Waals surface area contributed by atoms with Crippen molar-refractivity contribution >= 4 is 5.97 Å². The Labute approximate surface area is 112 Å². The van der Waals surface area contributed by atoms with Crippen LogP contribution in [-0.2, 0) is 16.1 Å². The number of carbonyl (C=O) groups is 1. The first-order valence-corrected chi connectivity index (χ1v) is 6.34. The molecule has 0 heterocycles. The molecule has 106 valence electrons. The van der Waals surface area contributed by atoms with E-state index >= 15 is 0 Å². The van der Waals surface area contributed by atoms with E-state index in [1.807, 2.05) is 6.92 Å². The topological polar surface area (TPSA) is 55.8 Å². The fraction of sp³-hybridized carbons (Fsp3) is 0.500. The van der Waals surface area contributed by atoms with Crippen LogP contribution in [0.5, 0.6) is 5.75 Å². The maximum absolute atomic E-state index is 13.7. The Kier molecular flexibility index (Phi) is 6.29. The second-order valence-electron chi connectivity index (χ2n) is 4.07. The molecular weight excluding hydrogens is 251 g/mol. The molecule has 0 bridgehead atoms. The predicted molar refractivity (Wildman–Crippen MR) is 68.3 cm³/mol. The fourth-order valence-electron chi connectivity index (χ4n) is 1.61. The van der Waals surface area contributed by atoms with Crippen LogP contribution < -0.4 is 4.74 Å². The molecule has 4 nitrogen and oxygen atoms in total. The van der Waals surface area contributed by atoms with Gasteiger partial charge in [0.15, 0.2) is 17.7 Å². The van der Waals surface area contributed by atoms with Gasteiger partial charge in [0.05, 0.1) is 13.2 Å². The molecule has 19 heavy (non-hydrogen) atoms. The molecule has 0 aromatic heterocycles. The quantitative estimate of drug-likeness (QED) is 0.773. The fourth-order valence-corrected chi connectivity index (χ4v) is 1.61. The van der Waals surface area contributed by atoms with Crippen LogP contribution >= 0.6 is 0 Å². The van der Waals surface area contributed by atoms with Crippen molar-refractivity contribution < 1.29 is 23.8 Å². The van der Waals surface area contributed by atoms with E-state index in [4.69, 9.17) is 14.6 Å². The standard InChI is InChI=1S/C14H19FO4/c1-3-5-13(14(17)18-4-2)19-12-7-6-10(9-16)8-11(12)15/h6-8,13,16H,3-5,9H2,1-2H3. The Morgan fingerprint density at radius 1 is 1.42 bits per heavy atom. The zero-order chi connectivity index (χ0) is 14.3. The zero-order valence-electron chi connectivity index (χ0n) is 11.2. The van der Waals surface area contributed by atoms with Crippen molar-refractivity contribution in [2.75, 3.05) is 6.61 Å². The van der Waals surface area contributed by atoms with Crippen LogP contribution in [0.1, 0.15) is 32.3 Å². The summed E-state index contributed by atoms with van der Waals surface area (Å²) in [5, 5.41) is 8.90. The number of ether oxygens (including phenoxy) is 2. The summed E-state index contributed by atoms with van der Waals surface area (Å²) in [6.07, 6.45) is 0.374. The van der Waals surface area contributed by atoms with E-state index in [0.29, 0.717) is 12.0 Å². The maximum Gasteiger partial charge on any atom is 0.347 e. The Hall–Kier alpha value is -1.62. The number of aliphatic hydroxyl groups is 1. The van der Waals surface area contributed by atoms with Crippen LogP contribution in [0.4, 0.5) is 4.39 Å². The Morgan fingerprint density at radius 2 is 2.16 bits per heavy atom. The Morgan fingerprint density at radius 3 is 2.68 bits per heavy atom.